The average molecular weight is 425 g/mol. The van der Waals surface area contributed by atoms with E-state index in [0.29, 0.717) is 19.5 Å². The SMILES string of the molecule is COc1ccc(CC(=O)N2CCN(c3cc(N4CCN(C)CC4)ncn3)CC2)cc1C. The van der Waals surface area contributed by atoms with Crippen LogP contribution in [0.15, 0.2) is 30.6 Å². The zero-order valence-corrected chi connectivity index (χ0v) is 18.8. The van der Waals surface area contributed by atoms with Gasteiger partial charge in [0.25, 0.3) is 0 Å². The summed E-state index contributed by atoms with van der Waals surface area (Å²) in [5, 5.41) is 0. The normalized spacial score (nSPS) is 17.7. The number of likely N-dealkylation sites (N-methyl/N-ethyl adjacent to an activating group) is 1. The van der Waals surface area contributed by atoms with E-state index in [-0.39, 0.29) is 5.91 Å². The first-order valence-corrected chi connectivity index (χ1v) is 11.0. The number of hydrogen-bond acceptors (Lipinski definition) is 7. The van der Waals surface area contributed by atoms with Crippen molar-refractivity contribution < 1.29 is 9.53 Å². The van der Waals surface area contributed by atoms with Gasteiger partial charge in [0, 0.05) is 58.4 Å². The molecular weight excluding hydrogens is 392 g/mol. The molecule has 0 atom stereocenters. The topological polar surface area (TPSA) is 65.0 Å². The predicted molar refractivity (Wildman–Crippen MR) is 122 cm³/mol. The second kappa shape index (κ2) is 9.51. The van der Waals surface area contributed by atoms with E-state index in [0.717, 1.165) is 67.8 Å². The molecule has 2 aliphatic heterocycles. The number of amides is 1. The lowest BCUT2D eigenvalue weighted by atomic mass is 10.1. The Morgan fingerprint density at radius 2 is 1.55 bits per heavy atom. The van der Waals surface area contributed by atoms with Crippen molar-refractivity contribution in [1.29, 1.82) is 0 Å². The van der Waals surface area contributed by atoms with Gasteiger partial charge in [-0.1, -0.05) is 12.1 Å². The maximum atomic E-state index is 12.8. The minimum Gasteiger partial charge on any atom is -0.496 e. The van der Waals surface area contributed by atoms with Crippen LogP contribution in [0, 0.1) is 6.92 Å². The van der Waals surface area contributed by atoms with Crippen molar-refractivity contribution in [1.82, 2.24) is 19.8 Å². The van der Waals surface area contributed by atoms with Crippen LogP contribution in [0.4, 0.5) is 11.6 Å². The maximum absolute atomic E-state index is 12.8. The molecule has 0 N–H and O–H groups in total. The monoisotopic (exact) mass is 424 g/mol. The number of anilines is 2. The molecule has 2 saturated heterocycles. The molecule has 2 aromatic rings. The van der Waals surface area contributed by atoms with Gasteiger partial charge in [-0.3, -0.25) is 4.79 Å². The summed E-state index contributed by atoms with van der Waals surface area (Å²) in [6.45, 7) is 9.06. The van der Waals surface area contributed by atoms with E-state index in [1.165, 1.54) is 0 Å². The van der Waals surface area contributed by atoms with Gasteiger partial charge in [0.2, 0.25) is 5.91 Å². The molecule has 0 unspecified atom stereocenters. The van der Waals surface area contributed by atoms with Crippen LogP contribution in [0.25, 0.3) is 0 Å². The first kappa shape index (κ1) is 21.4. The van der Waals surface area contributed by atoms with Crippen LogP contribution in [-0.2, 0) is 11.2 Å². The molecule has 0 bridgehead atoms. The number of hydrogen-bond donors (Lipinski definition) is 0. The highest BCUT2D eigenvalue weighted by Gasteiger charge is 2.23. The van der Waals surface area contributed by atoms with Gasteiger partial charge in [-0.05, 0) is 31.2 Å². The lowest BCUT2D eigenvalue weighted by Crippen LogP contribution is -2.49. The van der Waals surface area contributed by atoms with Crippen LogP contribution >= 0.6 is 0 Å². The van der Waals surface area contributed by atoms with Crippen molar-refractivity contribution in [2.24, 2.45) is 0 Å². The minimum absolute atomic E-state index is 0.171. The molecule has 8 nitrogen and oxygen atoms in total. The molecule has 166 valence electrons. The van der Waals surface area contributed by atoms with E-state index in [1.54, 1.807) is 13.4 Å². The van der Waals surface area contributed by atoms with Gasteiger partial charge in [0.05, 0.1) is 13.5 Å². The van der Waals surface area contributed by atoms with Crippen LogP contribution in [0.3, 0.4) is 0 Å². The van der Waals surface area contributed by atoms with E-state index in [4.69, 9.17) is 4.74 Å². The number of ether oxygens (including phenoxy) is 1. The van der Waals surface area contributed by atoms with Crippen LogP contribution in [0.5, 0.6) is 5.75 Å². The Morgan fingerprint density at radius 3 is 2.13 bits per heavy atom. The summed E-state index contributed by atoms with van der Waals surface area (Å²) in [6.07, 6.45) is 2.08. The molecule has 0 radical (unpaired) electrons. The Morgan fingerprint density at radius 1 is 0.935 bits per heavy atom. The van der Waals surface area contributed by atoms with Crippen molar-refractivity contribution in [2.75, 3.05) is 76.3 Å². The van der Waals surface area contributed by atoms with Gasteiger partial charge < -0.3 is 24.3 Å². The fraction of sp³-hybridized carbons (Fsp3) is 0.522. The lowest BCUT2D eigenvalue weighted by Gasteiger charge is -2.36. The van der Waals surface area contributed by atoms with E-state index < -0.39 is 0 Å². The third-order valence-corrected chi connectivity index (χ3v) is 6.24. The van der Waals surface area contributed by atoms with Crippen molar-refractivity contribution >= 4 is 17.5 Å². The number of benzene rings is 1. The molecular formula is C23H32N6O2. The van der Waals surface area contributed by atoms with Crippen LogP contribution in [-0.4, -0.2) is 92.2 Å². The summed E-state index contributed by atoms with van der Waals surface area (Å²) >= 11 is 0. The Balaban J connectivity index is 1.33. The summed E-state index contributed by atoms with van der Waals surface area (Å²) in [7, 11) is 3.82. The highest BCUT2D eigenvalue weighted by molar-refractivity contribution is 5.79. The molecule has 2 fully saturated rings. The van der Waals surface area contributed by atoms with Gasteiger partial charge in [0.1, 0.15) is 23.7 Å². The fourth-order valence-electron chi connectivity index (χ4n) is 4.24. The van der Waals surface area contributed by atoms with E-state index in [9.17, 15) is 4.79 Å². The lowest BCUT2D eigenvalue weighted by molar-refractivity contribution is -0.130. The zero-order valence-electron chi connectivity index (χ0n) is 18.8. The van der Waals surface area contributed by atoms with Crippen molar-refractivity contribution in [3.8, 4) is 5.75 Å². The van der Waals surface area contributed by atoms with E-state index in [2.05, 4.69) is 37.8 Å². The number of carbonyl (C=O) groups excluding carboxylic acids is 1. The molecule has 1 aromatic carbocycles. The predicted octanol–water partition coefficient (Wildman–Crippen LogP) is 1.44. The van der Waals surface area contributed by atoms with E-state index in [1.807, 2.05) is 30.0 Å². The molecule has 4 rings (SSSR count). The highest BCUT2D eigenvalue weighted by atomic mass is 16.5. The summed E-state index contributed by atoms with van der Waals surface area (Å²) in [5.41, 5.74) is 2.08. The van der Waals surface area contributed by atoms with Gasteiger partial charge >= 0.3 is 0 Å². The molecule has 1 aromatic heterocycles. The van der Waals surface area contributed by atoms with Crippen LogP contribution < -0.4 is 14.5 Å². The van der Waals surface area contributed by atoms with Crippen LogP contribution in [0.2, 0.25) is 0 Å². The summed E-state index contributed by atoms with van der Waals surface area (Å²) in [4.78, 5) is 30.7. The van der Waals surface area contributed by atoms with E-state index >= 15 is 0 Å². The van der Waals surface area contributed by atoms with Gasteiger partial charge in [-0.15, -0.1) is 0 Å². The number of piperazine rings is 2. The van der Waals surface area contributed by atoms with Crippen molar-refractivity contribution in [3.63, 3.8) is 0 Å². The summed E-state index contributed by atoms with van der Waals surface area (Å²) in [6, 6.07) is 8.03. The number of aromatic nitrogens is 2. The quantitative estimate of drug-likeness (QED) is 0.720. The largest absolute Gasteiger partial charge is 0.496 e. The second-order valence-corrected chi connectivity index (χ2v) is 8.37. The Labute approximate surface area is 184 Å². The first-order valence-electron chi connectivity index (χ1n) is 11.0. The molecule has 0 saturated carbocycles. The zero-order chi connectivity index (χ0) is 21.8. The number of methoxy groups -OCH3 is 1. The molecule has 0 aliphatic carbocycles. The number of aryl methyl sites for hydroxylation is 1. The van der Waals surface area contributed by atoms with Crippen molar-refractivity contribution in [2.45, 2.75) is 13.3 Å². The van der Waals surface area contributed by atoms with Gasteiger partial charge in [-0.2, -0.15) is 0 Å². The van der Waals surface area contributed by atoms with Gasteiger partial charge in [-0.25, -0.2) is 9.97 Å². The molecule has 31 heavy (non-hydrogen) atoms. The number of carbonyl (C=O) groups is 1. The number of nitrogens with zero attached hydrogens (tertiary/aromatic N) is 6. The highest BCUT2D eigenvalue weighted by Crippen LogP contribution is 2.21. The molecule has 1 amide bonds. The molecule has 3 heterocycles. The molecule has 0 spiro atoms. The van der Waals surface area contributed by atoms with Gasteiger partial charge in [0.15, 0.2) is 0 Å². The smallest absolute Gasteiger partial charge is 0.227 e. The third-order valence-electron chi connectivity index (χ3n) is 6.24. The average Bonchev–Trinajstić information content (AvgIpc) is 2.80. The van der Waals surface area contributed by atoms with Crippen LogP contribution in [0.1, 0.15) is 11.1 Å². The summed E-state index contributed by atoms with van der Waals surface area (Å²) in [5.74, 6) is 2.96. The summed E-state index contributed by atoms with van der Waals surface area (Å²) < 4.78 is 5.31. The minimum atomic E-state index is 0.171. The van der Waals surface area contributed by atoms with Crippen molar-refractivity contribution in [3.05, 3.63) is 41.7 Å². The Kier molecular flexibility index (Phi) is 6.56. The molecule has 8 heteroatoms. The number of rotatable bonds is 5. The second-order valence-electron chi connectivity index (χ2n) is 8.37. The first-order chi connectivity index (χ1) is 15.0. The third kappa shape index (κ3) is 5.07. The maximum Gasteiger partial charge on any atom is 0.227 e. The Hall–Kier alpha value is -2.87. The fourth-order valence-corrected chi connectivity index (χ4v) is 4.24. The molecule has 2 aliphatic rings. The standard InChI is InChI=1S/C23H32N6O2/c1-18-14-19(4-5-20(18)31-3)15-23(30)29-12-10-28(11-13-29)22-16-21(24-17-25-22)27-8-6-26(2)7-9-27/h4-5,14,16-17H,6-13,15H2,1-3H3. The Bertz CT molecular complexity index is 905.